The number of rotatable bonds is 5. The molecule has 0 radical (unpaired) electrons. The molecule has 1 unspecified atom stereocenters. The van der Waals surface area contributed by atoms with E-state index in [0.717, 1.165) is 5.56 Å². The van der Waals surface area contributed by atoms with Crippen LogP contribution >= 0.6 is 0 Å². The van der Waals surface area contributed by atoms with Gasteiger partial charge in [-0.2, -0.15) is 5.26 Å². The zero-order valence-corrected chi connectivity index (χ0v) is 9.60. The number of aromatic nitrogens is 1. The number of carbonyl (C=O) groups is 1. The Balaban J connectivity index is 1.89. The van der Waals surface area contributed by atoms with E-state index in [9.17, 15) is 4.79 Å². The van der Waals surface area contributed by atoms with E-state index < -0.39 is 0 Å². The van der Waals surface area contributed by atoms with Gasteiger partial charge in [-0.25, -0.2) is 0 Å². The predicted octanol–water partition coefficient (Wildman–Crippen LogP) is 0.538. The zero-order valence-electron chi connectivity index (χ0n) is 9.60. The minimum atomic E-state index is -0.159. The molecule has 5 heteroatoms. The third kappa shape index (κ3) is 3.08. The van der Waals surface area contributed by atoms with Gasteiger partial charge < -0.3 is 15.6 Å². The summed E-state index contributed by atoms with van der Waals surface area (Å²) >= 11 is 0. The fraction of sp³-hybridized carbons (Fsp3) is 0.500. The van der Waals surface area contributed by atoms with Gasteiger partial charge in [0.2, 0.25) is 5.91 Å². The molecule has 0 aromatic carbocycles. The summed E-state index contributed by atoms with van der Waals surface area (Å²) in [5.74, 6) is 0.451. The summed E-state index contributed by atoms with van der Waals surface area (Å²) in [6.45, 7) is 0.285. The molecule has 1 saturated carbocycles. The minimum absolute atomic E-state index is 0.0501. The van der Waals surface area contributed by atoms with Crippen LogP contribution in [0.25, 0.3) is 0 Å². The largest absolute Gasteiger partial charge is 0.345 e. The van der Waals surface area contributed by atoms with E-state index in [1.165, 1.54) is 12.8 Å². The predicted molar refractivity (Wildman–Crippen MR) is 62.7 cm³/mol. The highest BCUT2D eigenvalue weighted by atomic mass is 16.1. The summed E-state index contributed by atoms with van der Waals surface area (Å²) in [6, 6.07) is 3.92. The first-order chi connectivity index (χ1) is 8.20. The van der Waals surface area contributed by atoms with Crippen molar-refractivity contribution in [2.24, 2.45) is 11.7 Å². The summed E-state index contributed by atoms with van der Waals surface area (Å²) in [5, 5.41) is 10.8. The van der Waals surface area contributed by atoms with Crippen LogP contribution in [0.1, 0.15) is 24.4 Å². The van der Waals surface area contributed by atoms with Gasteiger partial charge in [0.1, 0.15) is 13.1 Å². The first-order valence-electron chi connectivity index (χ1n) is 5.75. The maximum atomic E-state index is 11.4. The fourth-order valence-corrected chi connectivity index (χ4v) is 1.84. The van der Waals surface area contributed by atoms with Gasteiger partial charge in [-0.3, -0.25) is 4.79 Å². The molecule has 17 heavy (non-hydrogen) atoms. The number of nitriles is 1. The highest BCUT2D eigenvalue weighted by Crippen LogP contribution is 2.39. The second kappa shape index (κ2) is 5.02. The van der Waals surface area contributed by atoms with Crippen molar-refractivity contribution in [2.45, 2.75) is 25.4 Å². The van der Waals surface area contributed by atoms with Gasteiger partial charge in [-0.15, -0.1) is 0 Å². The van der Waals surface area contributed by atoms with E-state index in [1.807, 2.05) is 24.5 Å². The molecular formula is C12H16N4O. The van der Waals surface area contributed by atoms with Crippen LogP contribution in [-0.4, -0.2) is 17.0 Å². The SMILES string of the molecule is N#CCNC(=O)Cn1ccc(C(N)C2CC2)c1. The molecule has 1 aliphatic rings. The summed E-state index contributed by atoms with van der Waals surface area (Å²) in [5.41, 5.74) is 7.15. The second-order valence-corrected chi connectivity index (χ2v) is 4.42. The van der Waals surface area contributed by atoms with Crippen LogP contribution < -0.4 is 11.1 Å². The Morgan fingerprint density at radius 2 is 2.47 bits per heavy atom. The van der Waals surface area contributed by atoms with Crippen LogP contribution in [0.2, 0.25) is 0 Å². The van der Waals surface area contributed by atoms with Crippen molar-refractivity contribution in [3.05, 3.63) is 24.0 Å². The van der Waals surface area contributed by atoms with E-state index in [1.54, 1.807) is 4.57 Å². The van der Waals surface area contributed by atoms with Crippen molar-refractivity contribution in [1.82, 2.24) is 9.88 Å². The number of carbonyl (C=O) groups excluding carboxylic acids is 1. The van der Waals surface area contributed by atoms with Crippen molar-refractivity contribution < 1.29 is 4.79 Å². The third-order valence-corrected chi connectivity index (χ3v) is 2.98. The zero-order chi connectivity index (χ0) is 12.3. The molecule has 3 N–H and O–H groups in total. The van der Waals surface area contributed by atoms with Crippen molar-refractivity contribution >= 4 is 5.91 Å². The van der Waals surface area contributed by atoms with Crippen LogP contribution in [0.15, 0.2) is 18.5 Å². The number of nitrogens with zero attached hydrogens (tertiary/aromatic N) is 2. The molecule has 2 rings (SSSR count). The van der Waals surface area contributed by atoms with Crippen molar-refractivity contribution in [3.8, 4) is 6.07 Å². The van der Waals surface area contributed by atoms with Crippen LogP contribution in [0.5, 0.6) is 0 Å². The van der Waals surface area contributed by atoms with Crippen molar-refractivity contribution in [2.75, 3.05) is 6.54 Å². The van der Waals surface area contributed by atoms with Gasteiger partial charge in [0, 0.05) is 18.4 Å². The summed E-state index contributed by atoms with van der Waals surface area (Å²) in [7, 11) is 0. The molecule has 90 valence electrons. The highest BCUT2D eigenvalue weighted by Gasteiger charge is 2.29. The molecule has 1 heterocycles. The Morgan fingerprint density at radius 3 is 3.12 bits per heavy atom. The highest BCUT2D eigenvalue weighted by molar-refractivity contribution is 5.75. The number of amides is 1. The first-order valence-corrected chi connectivity index (χ1v) is 5.75. The normalized spacial score (nSPS) is 16.2. The topological polar surface area (TPSA) is 83.8 Å². The lowest BCUT2D eigenvalue weighted by Crippen LogP contribution is -2.27. The molecule has 1 amide bonds. The van der Waals surface area contributed by atoms with Gasteiger partial charge in [-0.1, -0.05) is 0 Å². The van der Waals surface area contributed by atoms with Gasteiger partial charge >= 0.3 is 0 Å². The molecule has 0 saturated heterocycles. The average Bonchev–Trinajstić information content (AvgIpc) is 3.06. The van der Waals surface area contributed by atoms with Crippen molar-refractivity contribution in [3.63, 3.8) is 0 Å². The number of hydrogen-bond donors (Lipinski definition) is 2. The Labute approximate surface area is 100 Å². The molecule has 0 bridgehead atoms. The Morgan fingerprint density at radius 1 is 1.71 bits per heavy atom. The maximum absolute atomic E-state index is 11.4. The van der Waals surface area contributed by atoms with Crippen LogP contribution in [-0.2, 0) is 11.3 Å². The summed E-state index contributed by atoms with van der Waals surface area (Å²) in [6.07, 6.45) is 6.17. The lowest BCUT2D eigenvalue weighted by Gasteiger charge is -2.07. The smallest absolute Gasteiger partial charge is 0.240 e. The van der Waals surface area contributed by atoms with E-state index in [-0.39, 0.29) is 25.0 Å². The van der Waals surface area contributed by atoms with Gasteiger partial charge in [0.05, 0.1) is 6.07 Å². The van der Waals surface area contributed by atoms with Gasteiger partial charge in [0.25, 0.3) is 0 Å². The molecule has 1 aromatic rings. The minimum Gasteiger partial charge on any atom is -0.345 e. The Hall–Kier alpha value is -1.80. The first kappa shape index (κ1) is 11.7. The van der Waals surface area contributed by atoms with E-state index >= 15 is 0 Å². The lowest BCUT2D eigenvalue weighted by molar-refractivity contribution is -0.121. The van der Waals surface area contributed by atoms with Crippen molar-refractivity contribution in [1.29, 1.82) is 5.26 Å². The molecule has 1 aliphatic carbocycles. The quantitative estimate of drug-likeness (QED) is 0.727. The monoisotopic (exact) mass is 232 g/mol. The van der Waals surface area contributed by atoms with Gasteiger partial charge in [0.15, 0.2) is 0 Å². The molecule has 0 aliphatic heterocycles. The number of nitrogens with two attached hydrogens (primary N) is 1. The maximum Gasteiger partial charge on any atom is 0.240 e. The number of hydrogen-bond acceptors (Lipinski definition) is 3. The molecule has 0 spiro atoms. The van der Waals surface area contributed by atoms with E-state index in [2.05, 4.69) is 5.32 Å². The average molecular weight is 232 g/mol. The molecule has 5 nitrogen and oxygen atoms in total. The number of nitrogens with one attached hydrogen (secondary N) is 1. The van der Waals surface area contributed by atoms with Gasteiger partial charge in [-0.05, 0) is 30.4 Å². The summed E-state index contributed by atoms with van der Waals surface area (Å²) < 4.78 is 1.80. The molecule has 1 aromatic heterocycles. The third-order valence-electron chi connectivity index (χ3n) is 2.98. The lowest BCUT2D eigenvalue weighted by atomic mass is 10.1. The summed E-state index contributed by atoms with van der Waals surface area (Å²) in [4.78, 5) is 11.4. The molecular weight excluding hydrogens is 216 g/mol. The standard InChI is InChI=1S/C12H16N4O/c13-4-5-15-11(17)8-16-6-3-10(7-16)12(14)9-1-2-9/h3,6-7,9,12H,1-2,5,8,14H2,(H,15,17). The Kier molecular flexibility index (Phi) is 3.45. The van der Waals surface area contributed by atoms with E-state index in [0.29, 0.717) is 5.92 Å². The fourth-order valence-electron chi connectivity index (χ4n) is 1.84. The van der Waals surface area contributed by atoms with E-state index in [4.69, 9.17) is 11.0 Å². The van der Waals surface area contributed by atoms with Crippen LogP contribution in [0.4, 0.5) is 0 Å². The molecule has 1 fully saturated rings. The Bertz CT molecular complexity index is 442. The van der Waals surface area contributed by atoms with Crippen LogP contribution in [0, 0.1) is 17.2 Å². The molecule has 1 atom stereocenters. The van der Waals surface area contributed by atoms with Crippen LogP contribution in [0.3, 0.4) is 0 Å². The second-order valence-electron chi connectivity index (χ2n) is 4.42.